The first kappa shape index (κ1) is 17.4. The Morgan fingerprint density at radius 3 is 2.00 bits per heavy atom. The minimum Gasteiger partial charge on any atom is -0.496 e. The van der Waals surface area contributed by atoms with Crippen LogP contribution in [0.3, 0.4) is 0 Å². The monoisotopic (exact) mass is 350 g/mol. The molecule has 0 saturated carbocycles. The second-order valence-corrected chi connectivity index (χ2v) is 5.72. The lowest BCUT2D eigenvalue weighted by Gasteiger charge is -2.17. The molecule has 26 heavy (non-hydrogen) atoms. The van der Waals surface area contributed by atoms with Gasteiger partial charge in [0.25, 0.3) is 0 Å². The van der Waals surface area contributed by atoms with Crippen LogP contribution in [0.25, 0.3) is 11.1 Å². The maximum atomic E-state index is 9.90. The van der Waals surface area contributed by atoms with E-state index < -0.39 is 5.92 Å². The highest BCUT2D eigenvalue weighted by Crippen LogP contribution is 2.59. The zero-order valence-electron chi connectivity index (χ0n) is 15.0. The average molecular weight is 350 g/mol. The molecule has 0 saturated heterocycles. The van der Waals surface area contributed by atoms with Crippen LogP contribution in [0.15, 0.2) is 18.2 Å². The Balaban J connectivity index is 2.51. The molecular formula is C20H18N2O4. The number of nitrogens with zero attached hydrogens (tertiary/aromatic N) is 2. The number of rotatable bonds is 5. The van der Waals surface area contributed by atoms with Gasteiger partial charge in [0.1, 0.15) is 28.9 Å². The van der Waals surface area contributed by atoms with Crippen LogP contribution in [0.1, 0.15) is 22.6 Å². The Morgan fingerprint density at radius 1 is 0.846 bits per heavy atom. The van der Waals surface area contributed by atoms with Gasteiger partial charge in [-0.05, 0) is 18.2 Å². The summed E-state index contributed by atoms with van der Waals surface area (Å²) in [5.74, 6) is 1.69. The third-order valence-electron chi connectivity index (χ3n) is 4.62. The summed E-state index contributed by atoms with van der Waals surface area (Å²) in [5, 5.41) is 19.1. The van der Waals surface area contributed by atoms with E-state index in [4.69, 9.17) is 18.9 Å². The highest BCUT2D eigenvalue weighted by atomic mass is 16.5. The molecule has 6 nitrogen and oxygen atoms in total. The van der Waals surface area contributed by atoms with E-state index in [1.54, 1.807) is 46.6 Å². The zero-order valence-corrected chi connectivity index (χ0v) is 15.0. The van der Waals surface area contributed by atoms with E-state index in [0.29, 0.717) is 34.1 Å². The molecule has 0 aliphatic heterocycles. The predicted octanol–water partition coefficient (Wildman–Crippen LogP) is 3.42. The molecule has 132 valence electrons. The standard InChI is InChI=1S/C20H18N2O4/c1-23-13-5-6-14(24-2)18-16(13)12(10-22)17-15(25-3)9-11(7-8-21)20(26-4)19(17)18/h5-6,9,12H,7H2,1-4H3. The fourth-order valence-electron chi connectivity index (χ4n) is 3.61. The largest absolute Gasteiger partial charge is 0.496 e. The summed E-state index contributed by atoms with van der Waals surface area (Å²) in [6.07, 6.45) is 0.158. The Labute approximate surface area is 152 Å². The second-order valence-electron chi connectivity index (χ2n) is 5.72. The maximum absolute atomic E-state index is 9.90. The lowest BCUT2D eigenvalue weighted by molar-refractivity contribution is 0.397. The van der Waals surface area contributed by atoms with E-state index in [1.165, 1.54) is 0 Å². The fraction of sp³-hybridized carbons (Fsp3) is 0.300. The summed E-state index contributed by atoms with van der Waals surface area (Å²) in [6, 6.07) is 9.83. The van der Waals surface area contributed by atoms with Crippen molar-refractivity contribution in [2.75, 3.05) is 28.4 Å². The van der Waals surface area contributed by atoms with Gasteiger partial charge in [-0.2, -0.15) is 10.5 Å². The topological polar surface area (TPSA) is 84.5 Å². The van der Waals surface area contributed by atoms with E-state index in [1.807, 2.05) is 0 Å². The van der Waals surface area contributed by atoms with Crippen molar-refractivity contribution in [2.24, 2.45) is 0 Å². The maximum Gasteiger partial charge on any atom is 0.131 e. The molecule has 1 unspecified atom stereocenters. The minimum atomic E-state index is -0.593. The van der Waals surface area contributed by atoms with Gasteiger partial charge in [0, 0.05) is 27.8 Å². The molecule has 0 bridgehead atoms. The number of hydrogen-bond acceptors (Lipinski definition) is 6. The highest BCUT2D eigenvalue weighted by molar-refractivity contribution is 5.93. The van der Waals surface area contributed by atoms with Gasteiger partial charge in [0.05, 0.1) is 47.0 Å². The van der Waals surface area contributed by atoms with Crippen molar-refractivity contribution in [3.63, 3.8) is 0 Å². The van der Waals surface area contributed by atoms with E-state index >= 15 is 0 Å². The van der Waals surface area contributed by atoms with Gasteiger partial charge in [-0.1, -0.05) is 0 Å². The quantitative estimate of drug-likeness (QED) is 0.821. The van der Waals surface area contributed by atoms with Crippen molar-refractivity contribution in [1.29, 1.82) is 10.5 Å². The molecular weight excluding hydrogens is 332 g/mol. The first-order valence-corrected chi connectivity index (χ1v) is 7.96. The Morgan fingerprint density at radius 2 is 1.46 bits per heavy atom. The van der Waals surface area contributed by atoms with Crippen molar-refractivity contribution < 1.29 is 18.9 Å². The summed E-state index contributed by atoms with van der Waals surface area (Å²) >= 11 is 0. The van der Waals surface area contributed by atoms with Gasteiger partial charge in [-0.25, -0.2) is 0 Å². The Kier molecular flexibility index (Phi) is 4.60. The van der Waals surface area contributed by atoms with Gasteiger partial charge in [0.2, 0.25) is 0 Å². The van der Waals surface area contributed by atoms with Crippen LogP contribution in [0.4, 0.5) is 0 Å². The smallest absolute Gasteiger partial charge is 0.131 e. The molecule has 2 aromatic carbocycles. The van der Waals surface area contributed by atoms with Crippen LogP contribution in [0.5, 0.6) is 23.0 Å². The molecule has 2 aromatic rings. The van der Waals surface area contributed by atoms with E-state index in [0.717, 1.165) is 16.7 Å². The molecule has 6 heteroatoms. The highest BCUT2D eigenvalue weighted by Gasteiger charge is 2.40. The summed E-state index contributed by atoms with van der Waals surface area (Å²) in [7, 11) is 6.23. The number of nitriles is 2. The molecule has 0 fully saturated rings. The molecule has 0 N–H and O–H groups in total. The number of hydrogen-bond donors (Lipinski definition) is 0. The third-order valence-corrected chi connectivity index (χ3v) is 4.62. The molecule has 0 heterocycles. The molecule has 0 amide bonds. The number of methoxy groups -OCH3 is 4. The van der Waals surface area contributed by atoms with Gasteiger partial charge in [0.15, 0.2) is 0 Å². The van der Waals surface area contributed by atoms with Crippen LogP contribution in [-0.2, 0) is 6.42 Å². The lowest BCUT2D eigenvalue weighted by atomic mass is 9.95. The van der Waals surface area contributed by atoms with Crippen LogP contribution < -0.4 is 18.9 Å². The Bertz CT molecular complexity index is 954. The van der Waals surface area contributed by atoms with E-state index in [-0.39, 0.29) is 6.42 Å². The molecule has 0 spiro atoms. The molecule has 1 aliphatic carbocycles. The van der Waals surface area contributed by atoms with Crippen molar-refractivity contribution in [3.05, 3.63) is 34.9 Å². The average Bonchev–Trinajstić information content (AvgIpc) is 3.02. The molecule has 0 aromatic heterocycles. The van der Waals surface area contributed by atoms with Crippen molar-refractivity contribution >= 4 is 0 Å². The van der Waals surface area contributed by atoms with Crippen molar-refractivity contribution in [3.8, 4) is 46.3 Å². The van der Waals surface area contributed by atoms with Crippen molar-refractivity contribution in [2.45, 2.75) is 12.3 Å². The van der Waals surface area contributed by atoms with Crippen LogP contribution >= 0.6 is 0 Å². The molecule has 1 aliphatic rings. The first-order valence-electron chi connectivity index (χ1n) is 7.96. The third kappa shape index (κ3) is 2.31. The molecule has 1 atom stereocenters. The molecule has 0 radical (unpaired) electrons. The van der Waals surface area contributed by atoms with Crippen molar-refractivity contribution in [1.82, 2.24) is 0 Å². The summed E-state index contributed by atoms with van der Waals surface area (Å²) in [4.78, 5) is 0. The predicted molar refractivity (Wildman–Crippen MR) is 94.9 cm³/mol. The van der Waals surface area contributed by atoms with Crippen LogP contribution in [0.2, 0.25) is 0 Å². The van der Waals surface area contributed by atoms with E-state index in [9.17, 15) is 10.5 Å². The first-order chi connectivity index (χ1) is 12.7. The lowest BCUT2D eigenvalue weighted by Crippen LogP contribution is -2.01. The number of benzene rings is 2. The minimum absolute atomic E-state index is 0.158. The van der Waals surface area contributed by atoms with Gasteiger partial charge >= 0.3 is 0 Å². The fourth-order valence-corrected chi connectivity index (χ4v) is 3.61. The summed E-state index contributed by atoms with van der Waals surface area (Å²) in [5.41, 5.74) is 3.57. The Hall–Kier alpha value is -3.38. The zero-order chi connectivity index (χ0) is 18.8. The van der Waals surface area contributed by atoms with Crippen LogP contribution in [-0.4, -0.2) is 28.4 Å². The summed E-state index contributed by atoms with van der Waals surface area (Å²) in [6.45, 7) is 0. The van der Waals surface area contributed by atoms with E-state index in [2.05, 4.69) is 12.1 Å². The normalized spacial score (nSPS) is 13.8. The van der Waals surface area contributed by atoms with Gasteiger partial charge < -0.3 is 18.9 Å². The number of ether oxygens (including phenoxy) is 4. The van der Waals surface area contributed by atoms with Crippen LogP contribution in [0, 0.1) is 22.7 Å². The van der Waals surface area contributed by atoms with Gasteiger partial charge in [-0.15, -0.1) is 0 Å². The molecule has 3 rings (SSSR count). The number of fused-ring (bicyclic) bond motifs is 3. The summed E-state index contributed by atoms with van der Waals surface area (Å²) < 4.78 is 22.3. The SMILES string of the molecule is COc1ccc(OC)c2c1-c1c(OC)c(CC#N)cc(OC)c1C2C#N. The van der Waals surface area contributed by atoms with Gasteiger partial charge in [-0.3, -0.25) is 0 Å². The second kappa shape index (κ2) is 6.85.